The predicted octanol–water partition coefficient (Wildman–Crippen LogP) is 2.10. The maximum Gasteiger partial charge on any atom is 0.224 e. The van der Waals surface area contributed by atoms with Crippen LogP contribution in [-0.4, -0.2) is 24.7 Å². The molecule has 1 amide bonds. The van der Waals surface area contributed by atoms with Crippen LogP contribution in [0.3, 0.4) is 0 Å². The number of carbonyl (C=O) groups is 1. The van der Waals surface area contributed by atoms with Crippen LogP contribution in [0.1, 0.15) is 24.8 Å². The first-order chi connectivity index (χ1) is 8.17. The summed E-state index contributed by atoms with van der Waals surface area (Å²) in [4.78, 5) is 11.5. The van der Waals surface area contributed by atoms with Gasteiger partial charge < -0.3 is 15.2 Å². The third kappa shape index (κ3) is 4.44. The highest BCUT2D eigenvalue weighted by Crippen LogP contribution is 2.21. The third-order valence-corrected chi connectivity index (χ3v) is 2.49. The first kappa shape index (κ1) is 13.5. The van der Waals surface area contributed by atoms with Crippen molar-refractivity contribution in [2.45, 2.75) is 26.2 Å². The van der Waals surface area contributed by atoms with Gasteiger partial charge in [0.25, 0.3) is 0 Å². The van der Waals surface area contributed by atoms with Crippen molar-refractivity contribution in [3.05, 3.63) is 23.8 Å². The molecule has 1 aromatic carbocycles. The average Bonchev–Trinajstić information content (AvgIpc) is 2.29. The molecule has 0 fully saturated rings. The Labute approximate surface area is 102 Å². The number of aryl methyl sites for hydroxylation is 1. The quantitative estimate of drug-likeness (QED) is 0.745. The molecule has 0 aliphatic rings. The summed E-state index contributed by atoms with van der Waals surface area (Å²) in [5, 5.41) is 11.4. The minimum Gasteiger partial charge on any atom is -0.496 e. The number of unbranched alkanes of at least 4 members (excludes halogenated alkanes) is 1. The fourth-order valence-corrected chi connectivity index (χ4v) is 1.58. The summed E-state index contributed by atoms with van der Waals surface area (Å²) in [6, 6.07) is 5.53. The third-order valence-electron chi connectivity index (χ3n) is 2.49. The van der Waals surface area contributed by atoms with Gasteiger partial charge in [0.2, 0.25) is 5.91 Å². The molecule has 0 aliphatic carbocycles. The molecule has 0 atom stereocenters. The molecule has 94 valence electrons. The summed E-state index contributed by atoms with van der Waals surface area (Å²) in [5.41, 5.74) is 1.76. The number of amides is 1. The van der Waals surface area contributed by atoms with Crippen molar-refractivity contribution in [1.29, 1.82) is 0 Å². The van der Waals surface area contributed by atoms with E-state index in [2.05, 4.69) is 5.32 Å². The van der Waals surface area contributed by atoms with Crippen LogP contribution in [0.4, 0.5) is 5.69 Å². The number of benzene rings is 1. The van der Waals surface area contributed by atoms with Crippen molar-refractivity contribution >= 4 is 11.6 Å². The first-order valence-corrected chi connectivity index (χ1v) is 5.72. The van der Waals surface area contributed by atoms with Gasteiger partial charge in [0.15, 0.2) is 0 Å². The summed E-state index contributed by atoms with van der Waals surface area (Å²) in [6.45, 7) is 2.06. The molecule has 0 saturated carbocycles. The lowest BCUT2D eigenvalue weighted by molar-refractivity contribution is -0.116. The van der Waals surface area contributed by atoms with Crippen LogP contribution in [0, 0.1) is 6.92 Å². The van der Waals surface area contributed by atoms with Gasteiger partial charge in [0.1, 0.15) is 5.75 Å². The maximum atomic E-state index is 11.5. The molecule has 0 unspecified atom stereocenters. The monoisotopic (exact) mass is 237 g/mol. The van der Waals surface area contributed by atoms with E-state index >= 15 is 0 Å². The van der Waals surface area contributed by atoms with Crippen molar-refractivity contribution in [3.8, 4) is 5.75 Å². The molecule has 0 aromatic heterocycles. The standard InChI is InChI=1S/C13H19NO3/c1-10-9-11(6-7-12(10)17-2)14-13(16)5-3-4-8-15/h6-7,9,15H,3-5,8H2,1-2H3,(H,14,16). The number of rotatable bonds is 6. The summed E-state index contributed by atoms with van der Waals surface area (Å²) in [6.07, 6.45) is 1.80. The molecule has 0 spiro atoms. The van der Waals surface area contributed by atoms with Gasteiger partial charge in [-0.3, -0.25) is 4.79 Å². The highest BCUT2D eigenvalue weighted by Gasteiger charge is 2.04. The van der Waals surface area contributed by atoms with E-state index in [9.17, 15) is 4.79 Å². The highest BCUT2D eigenvalue weighted by molar-refractivity contribution is 5.90. The van der Waals surface area contributed by atoms with Crippen molar-refractivity contribution in [3.63, 3.8) is 0 Å². The number of hydrogen-bond acceptors (Lipinski definition) is 3. The Hall–Kier alpha value is -1.55. The van der Waals surface area contributed by atoms with Crippen molar-refractivity contribution in [2.24, 2.45) is 0 Å². The van der Waals surface area contributed by atoms with Gasteiger partial charge in [0.05, 0.1) is 7.11 Å². The second-order valence-corrected chi connectivity index (χ2v) is 3.91. The molecule has 0 saturated heterocycles. The summed E-state index contributed by atoms with van der Waals surface area (Å²) in [7, 11) is 1.62. The van der Waals surface area contributed by atoms with E-state index < -0.39 is 0 Å². The Bertz CT molecular complexity index is 377. The Morgan fingerprint density at radius 1 is 1.41 bits per heavy atom. The lowest BCUT2D eigenvalue weighted by Gasteiger charge is -2.08. The maximum absolute atomic E-state index is 11.5. The van der Waals surface area contributed by atoms with Gasteiger partial charge in [-0.15, -0.1) is 0 Å². The zero-order chi connectivity index (χ0) is 12.7. The number of hydrogen-bond donors (Lipinski definition) is 2. The second-order valence-electron chi connectivity index (χ2n) is 3.91. The van der Waals surface area contributed by atoms with Crippen LogP contribution >= 0.6 is 0 Å². The fraction of sp³-hybridized carbons (Fsp3) is 0.462. The molecule has 1 aromatic rings. The van der Waals surface area contributed by atoms with Crippen molar-refractivity contribution in [2.75, 3.05) is 19.0 Å². The van der Waals surface area contributed by atoms with Gasteiger partial charge in [-0.2, -0.15) is 0 Å². The average molecular weight is 237 g/mol. The molecule has 4 nitrogen and oxygen atoms in total. The van der Waals surface area contributed by atoms with Crippen LogP contribution in [0.25, 0.3) is 0 Å². The van der Waals surface area contributed by atoms with E-state index in [0.717, 1.165) is 17.0 Å². The molecule has 0 aliphatic heterocycles. The van der Waals surface area contributed by atoms with Crippen molar-refractivity contribution in [1.82, 2.24) is 0 Å². The van der Waals surface area contributed by atoms with Crippen LogP contribution in [0.15, 0.2) is 18.2 Å². The largest absolute Gasteiger partial charge is 0.496 e. The van der Waals surface area contributed by atoms with Crippen LogP contribution in [-0.2, 0) is 4.79 Å². The van der Waals surface area contributed by atoms with Gasteiger partial charge in [-0.05, 0) is 43.5 Å². The minimum atomic E-state index is -0.0250. The van der Waals surface area contributed by atoms with Crippen LogP contribution < -0.4 is 10.1 Å². The molecular formula is C13H19NO3. The highest BCUT2D eigenvalue weighted by atomic mass is 16.5. The summed E-state index contributed by atoms with van der Waals surface area (Å²) >= 11 is 0. The SMILES string of the molecule is COc1ccc(NC(=O)CCCCO)cc1C. The topological polar surface area (TPSA) is 58.6 Å². The van der Waals surface area contributed by atoms with E-state index in [-0.39, 0.29) is 12.5 Å². The minimum absolute atomic E-state index is 0.0250. The normalized spacial score (nSPS) is 10.1. The van der Waals surface area contributed by atoms with E-state index in [1.54, 1.807) is 7.11 Å². The first-order valence-electron chi connectivity index (χ1n) is 5.72. The Balaban J connectivity index is 2.51. The predicted molar refractivity (Wildman–Crippen MR) is 67.3 cm³/mol. The van der Waals surface area contributed by atoms with Gasteiger partial charge in [-0.25, -0.2) is 0 Å². The number of carbonyl (C=O) groups excluding carboxylic acids is 1. The Morgan fingerprint density at radius 2 is 2.18 bits per heavy atom. The summed E-state index contributed by atoms with van der Waals surface area (Å²) in [5.74, 6) is 0.784. The zero-order valence-corrected chi connectivity index (χ0v) is 10.3. The molecule has 2 N–H and O–H groups in total. The lowest BCUT2D eigenvalue weighted by atomic mass is 10.2. The fourth-order valence-electron chi connectivity index (χ4n) is 1.58. The molecule has 0 radical (unpaired) electrons. The number of anilines is 1. The number of ether oxygens (including phenoxy) is 1. The zero-order valence-electron chi connectivity index (χ0n) is 10.3. The number of aliphatic hydroxyl groups excluding tert-OH is 1. The number of aliphatic hydroxyl groups is 1. The molecule has 0 heterocycles. The van der Waals surface area contributed by atoms with E-state index in [1.807, 2.05) is 25.1 Å². The van der Waals surface area contributed by atoms with E-state index in [4.69, 9.17) is 9.84 Å². The van der Waals surface area contributed by atoms with E-state index in [1.165, 1.54) is 0 Å². The van der Waals surface area contributed by atoms with Gasteiger partial charge >= 0.3 is 0 Å². The number of methoxy groups -OCH3 is 1. The Morgan fingerprint density at radius 3 is 2.76 bits per heavy atom. The van der Waals surface area contributed by atoms with Gasteiger partial charge in [0, 0.05) is 18.7 Å². The Kier molecular flexibility index (Phi) is 5.49. The second kappa shape index (κ2) is 6.91. The van der Waals surface area contributed by atoms with E-state index in [0.29, 0.717) is 19.3 Å². The number of nitrogens with one attached hydrogen (secondary N) is 1. The van der Waals surface area contributed by atoms with Crippen LogP contribution in [0.2, 0.25) is 0 Å². The smallest absolute Gasteiger partial charge is 0.224 e. The van der Waals surface area contributed by atoms with Crippen LogP contribution in [0.5, 0.6) is 5.75 Å². The lowest BCUT2D eigenvalue weighted by Crippen LogP contribution is -2.11. The molecule has 1 rings (SSSR count). The molecule has 0 bridgehead atoms. The van der Waals surface area contributed by atoms with Gasteiger partial charge in [-0.1, -0.05) is 0 Å². The van der Waals surface area contributed by atoms with Crippen molar-refractivity contribution < 1.29 is 14.6 Å². The molecule has 4 heteroatoms. The summed E-state index contributed by atoms with van der Waals surface area (Å²) < 4.78 is 5.14. The molecule has 17 heavy (non-hydrogen) atoms. The molecular weight excluding hydrogens is 218 g/mol.